The van der Waals surface area contributed by atoms with Crippen molar-refractivity contribution in [3.8, 4) is 0 Å². The van der Waals surface area contributed by atoms with Gasteiger partial charge < -0.3 is 15.3 Å². The number of nitrogens with zero attached hydrogens (tertiary/aromatic N) is 1. The Morgan fingerprint density at radius 3 is 2.53 bits per heavy atom. The average Bonchev–Trinajstić information content (AvgIpc) is 2.89. The van der Waals surface area contributed by atoms with E-state index in [4.69, 9.17) is 5.11 Å². The molecule has 2 atom stereocenters. The summed E-state index contributed by atoms with van der Waals surface area (Å²) in [5, 5.41) is 12.6. The van der Waals surface area contributed by atoms with Crippen molar-refractivity contribution < 1.29 is 14.7 Å². The molecule has 108 valence electrons. The lowest BCUT2D eigenvalue weighted by Crippen LogP contribution is -2.52. The highest BCUT2D eigenvalue weighted by Gasteiger charge is 2.32. The van der Waals surface area contributed by atoms with E-state index in [2.05, 4.69) is 5.32 Å². The number of rotatable bonds is 4. The second-order valence-electron chi connectivity index (χ2n) is 5.95. The van der Waals surface area contributed by atoms with Gasteiger partial charge in [0.05, 0.1) is 5.92 Å². The lowest BCUT2D eigenvalue weighted by atomic mass is 9.93. The highest BCUT2D eigenvalue weighted by atomic mass is 16.4. The topological polar surface area (TPSA) is 69.6 Å². The molecule has 2 rings (SSSR count). The van der Waals surface area contributed by atoms with E-state index < -0.39 is 11.9 Å². The fourth-order valence-corrected chi connectivity index (χ4v) is 3.23. The minimum Gasteiger partial charge on any atom is -0.481 e. The van der Waals surface area contributed by atoms with Crippen molar-refractivity contribution in [1.29, 1.82) is 0 Å². The predicted octanol–water partition coefficient (Wildman–Crippen LogP) is 1.09. The Morgan fingerprint density at radius 1 is 1.26 bits per heavy atom. The van der Waals surface area contributed by atoms with Gasteiger partial charge in [-0.15, -0.1) is 0 Å². The zero-order chi connectivity index (χ0) is 13.8. The molecular weight excluding hydrogens is 244 g/mol. The van der Waals surface area contributed by atoms with Gasteiger partial charge in [-0.05, 0) is 31.7 Å². The summed E-state index contributed by atoms with van der Waals surface area (Å²) in [6.45, 7) is 3.47. The number of carboxylic acids is 1. The number of carbonyl (C=O) groups is 2. The van der Waals surface area contributed by atoms with E-state index in [9.17, 15) is 9.59 Å². The molecule has 1 saturated carbocycles. The predicted molar refractivity (Wildman–Crippen MR) is 71.7 cm³/mol. The second-order valence-corrected chi connectivity index (χ2v) is 5.95. The Bertz CT molecular complexity index is 318. The molecule has 1 saturated heterocycles. The van der Waals surface area contributed by atoms with Crippen LogP contribution in [0.5, 0.6) is 0 Å². The van der Waals surface area contributed by atoms with E-state index in [1.807, 2.05) is 0 Å². The lowest BCUT2D eigenvalue weighted by Gasteiger charge is -2.36. The Balaban J connectivity index is 1.86. The Labute approximate surface area is 114 Å². The summed E-state index contributed by atoms with van der Waals surface area (Å²) in [5.41, 5.74) is 0. The van der Waals surface area contributed by atoms with Crippen LogP contribution in [0.15, 0.2) is 0 Å². The molecule has 5 heteroatoms. The zero-order valence-electron chi connectivity index (χ0n) is 11.6. The highest BCUT2D eigenvalue weighted by Crippen LogP contribution is 2.24. The van der Waals surface area contributed by atoms with Crippen LogP contribution in [0, 0.1) is 11.8 Å². The monoisotopic (exact) mass is 268 g/mol. The zero-order valence-corrected chi connectivity index (χ0v) is 11.6. The maximum Gasteiger partial charge on any atom is 0.308 e. The van der Waals surface area contributed by atoms with Gasteiger partial charge in [0, 0.05) is 26.1 Å². The van der Waals surface area contributed by atoms with Gasteiger partial charge in [0.2, 0.25) is 5.91 Å². The molecule has 19 heavy (non-hydrogen) atoms. The van der Waals surface area contributed by atoms with Gasteiger partial charge >= 0.3 is 5.97 Å². The Hall–Kier alpha value is -1.10. The quantitative estimate of drug-likeness (QED) is 0.800. The number of likely N-dealkylation sites (tertiary alicyclic amines) is 1. The summed E-state index contributed by atoms with van der Waals surface area (Å²) < 4.78 is 0. The molecule has 0 aromatic carbocycles. The minimum absolute atomic E-state index is 0.0291. The Kier molecular flexibility index (Phi) is 4.80. The molecule has 0 bridgehead atoms. The largest absolute Gasteiger partial charge is 0.481 e. The van der Waals surface area contributed by atoms with E-state index in [0.717, 1.165) is 12.5 Å². The van der Waals surface area contributed by atoms with Crippen LogP contribution in [0.3, 0.4) is 0 Å². The molecule has 1 amide bonds. The fraction of sp³-hybridized carbons (Fsp3) is 0.857. The number of hydrogen-bond donors (Lipinski definition) is 2. The third-order valence-corrected chi connectivity index (χ3v) is 4.42. The molecule has 2 N–H and O–H groups in total. The van der Waals surface area contributed by atoms with Crippen molar-refractivity contribution in [1.82, 2.24) is 10.2 Å². The smallest absolute Gasteiger partial charge is 0.308 e. The summed E-state index contributed by atoms with van der Waals surface area (Å²) >= 11 is 0. The van der Waals surface area contributed by atoms with Crippen molar-refractivity contribution in [3.63, 3.8) is 0 Å². The van der Waals surface area contributed by atoms with Crippen LogP contribution in [0.4, 0.5) is 0 Å². The van der Waals surface area contributed by atoms with Crippen molar-refractivity contribution >= 4 is 11.9 Å². The van der Waals surface area contributed by atoms with Crippen molar-refractivity contribution in [2.45, 2.75) is 45.1 Å². The molecule has 1 aliphatic carbocycles. The Morgan fingerprint density at radius 2 is 1.95 bits per heavy atom. The van der Waals surface area contributed by atoms with Gasteiger partial charge in [-0.3, -0.25) is 9.59 Å². The van der Waals surface area contributed by atoms with Gasteiger partial charge in [0.1, 0.15) is 0 Å². The van der Waals surface area contributed by atoms with E-state index >= 15 is 0 Å². The third-order valence-electron chi connectivity index (χ3n) is 4.42. The summed E-state index contributed by atoms with van der Waals surface area (Å²) in [5.74, 6) is -0.521. The number of carbonyl (C=O) groups excluding carboxylic acids is 1. The van der Waals surface area contributed by atoms with Crippen LogP contribution in [0.25, 0.3) is 0 Å². The van der Waals surface area contributed by atoms with Crippen LogP contribution < -0.4 is 5.32 Å². The number of hydrogen-bond acceptors (Lipinski definition) is 3. The van der Waals surface area contributed by atoms with Gasteiger partial charge in [-0.25, -0.2) is 0 Å². The van der Waals surface area contributed by atoms with Crippen LogP contribution >= 0.6 is 0 Å². The number of nitrogens with one attached hydrogen (secondary N) is 1. The first-order valence-electron chi connectivity index (χ1n) is 7.28. The third kappa shape index (κ3) is 3.93. The van der Waals surface area contributed by atoms with Crippen LogP contribution in [-0.2, 0) is 9.59 Å². The lowest BCUT2D eigenvalue weighted by molar-refractivity contribution is -0.145. The first-order valence-corrected chi connectivity index (χ1v) is 7.28. The SMILES string of the molecule is CC(=O)N1CC(NCC2CCCC2)CC(C(=O)O)C1. The van der Waals surface area contributed by atoms with Crippen LogP contribution in [-0.4, -0.2) is 47.6 Å². The van der Waals surface area contributed by atoms with E-state index in [1.165, 1.54) is 32.6 Å². The molecule has 0 aromatic rings. The molecule has 5 nitrogen and oxygen atoms in total. The summed E-state index contributed by atoms with van der Waals surface area (Å²) in [6, 6.07) is 0.124. The van der Waals surface area contributed by atoms with E-state index in [-0.39, 0.29) is 11.9 Å². The van der Waals surface area contributed by atoms with Crippen molar-refractivity contribution in [2.75, 3.05) is 19.6 Å². The summed E-state index contributed by atoms with van der Waals surface area (Å²) in [4.78, 5) is 24.3. The normalized spacial score (nSPS) is 28.6. The van der Waals surface area contributed by atoms with Gasteiger partial charge in [-0.1, -0.05) is 12.8 Å². The molecule has 0 aromatic heterocycles. The van der Waals surface area contributed by atoms with Crippen molar-refractivity contribution in [3.05, 3.63) is 0 Å². The standard InChI is InChI=1S/C14H24N2O3/c1-10(17)16-8-12(14(18)19)6-13(9-16)15-7-11-4-2-3-5-11/h11-13,15H,2-9H2,1H3,(H,18,19). The van der Waals surface area contributed by atoms with Gasteiger partial charge in [-0.2, -0.15) is 0 Å². The number of amides is 1. The number of piperidine rings is 1. The van der Waals surface area contributed by atoms with E-state index in [0.29, 0.717) is 19.5 Å². The molecule has 2 unspecified atom stereocenters. The molecule has 0 radical (unpaired) electrons. The second kappa shape index (κ2) is 6.37. The highest BCUT2D eigenvalue weighted by molar-refractivity contribution is 5.76. The molecular formula is C14H24N2O3. The van der Waals surface area contributed by atoms with Gasteiger partial charge in [0.25, 0.3) is 0 Å². The molecule has 2 aliphatic rings. The minimum atomic E-state index is -0.793. The summed E-state index contributed by atoms with van der Waals surface area (Å²) in [6.07, 6.45) is 5.81. The molecule has 1 aliphatic heterocycles. The first-order chi connectivity index (χ1) is 9.06. The number of aliphatic carboxylic acids is 1. The molecule has 0 spiro atoms. The van der Waals surface area contributed by atoms with Gasteiger partial charge in [0.15, 0.2) is 0 Å². The van der Waals surface area contributed by atoms with Crippen LogP contribution in [0.1, 0.15) is 39.0 Å². The molecule has 2 fully saturated rings. The first kappa shape index (κ1) is 14.3. The number of carboxylic acid groups (broad SMARTS) is 1. The maximum absolute atomic E-state index is 11.5. The van der Waals surface area contributed by atoms with Crippen LogP contribution in [0.2, 0.25) is 0 Å². The maximum atomic E-state index is 11.5. The summed E-state index contributed by atoms with van der Waals surface area (Å²) in [7, 11) is 0. The fourth-order valence-electron chi connectivity index (χ4n) is 3.23. The molecule has 1 heterocycles. The average molecular weight is 268 g/mol. The van der Waals surface area contributed by atoms with Crippen molar-refractivity contribution in [2.24, 2.45) is 11.8 Å². The van der Waals surface area contributed by atoms with E-state index in [1.54, 1.807) is 4.90 Å².